The van der Waals surface area contributed by atoms with E-state index in [1.807, 2.05) is 47.2 Å². The van der Waals surface area contributed by atoms with Crippen LogP contribution in [0.15, 0.2) is 61.2 Å². The molecule has 8 heteroatoms. The zero-order chi connectivity index (χ0) is 20.4. The molecule has 0 aliphatic rings. The van der Waals surface area contributed by atoms with Gasteiger partial charge in [-0.2, -0.15) is 0 Å². The lowest BCUT2D eigenvalue weighted by Crippen LogP contribution is -2.01. The first-order valence-electron chi connectivity index (χ1n) is 8.86. The molecule has 2 aromatic heterocycles. The Balaban J connectivity index is 1.76. The van der Waals surface area contributed by atoms with Crippen molar-refractivity contribution in [3.8, 4) is 5.69 Å². The maximum Gasteiger partial charge on any atom is 0.303 e. The molecule has 0 fully saturated rings. The van der Waals surface area contributed by atoms with Crippen LogP contribution in [-0.4, -0.2) is 25.6 Å². The molecule has 29 heavy (non-hydrogen) atoms. The topological polar surface area (TPSA) is 80.0 Å². The first-order chi connectivity index (χ1) is 14.0. The van der Waals surface area contributed by atoms with E-state index in [-0.39, 0.29) is 6.42 Å². The molecule has 0 spiro atoms. The molecule has 2 heterocycles. The number of fused-ring (bicyclic) bond motifs is 1. The summed E-state index contributed by atoms with van der Waals surface area (Å²) in [6.07, 6.45) is 5.78. The highest BCUT2D eigenvalue weighted by Gasteiger charge is 2.13. The van der Waals surface area contributed by atoms with Gasteiger partial charge in [0.2, 0.25) is 0 Å². The lowest BCUT2D eigenvalue weighted by molar-refractivity contribution is -0.136. The zero-order valence-electron chi connectivity index (χ0n) is 15.1. The monoisotopic (exact) mass is 426 g/mol. The predicted octanol–water partition coefficient (Wildman–Crippen LogP) is 5.49. The molecular formula is C21H16Cl2N4O2. The van der Waals surface area contributed by atoms with Gasteiger partial charge in [0.1, 0.15) is 5.82 Å². The maximum atomic E-state index is 10.8. The highest BCUT2D eigenvalue weighted by atomic mass is 35.5. The van der Waals surface area contributed by atoms with Crippen LogP contribution < -0.4 is 5.32 Å². The van der Waals surface area contributed by atoms with Crippen LogP contribution in [0.5, 0.6) is 0 Å². The van der Waals surface area contributed by atoms with Gasteiger partial charge >= 0.3 is 5.97 Å². The van der Waals surface area contributed by atoms with E-state index in [2.05, 4.69) is 15.3 Å². The first kappa shape index (κ1) is 19.2. The van der Waals surface area contributed by atoms with Crippen molar-refractivity contribution in [1.29, 1.82) is 0 Å². The summed E-state index contributed by atoms with van der Waals surface area (Å²) < 4.78 is 1.88. The van der Waals surface area contributed by atoms with E-state index in [1.54, 1.807) is 18.6 Å². The van der Waals surface area contributed by atoms with Gasteiger partial charge in [-0.25, -0.2) is 9.97 Å². The lowest BCUT2D eigenvalue weighted by Gasteiger charge is -2.14. The third-order valence-electron chi connectivity index (χ3n) is 4.46. The second kappa shape index (κ2) is 8.11. The molecule has 0 saturated heterocycles. The van der Waals surface area contributed by atoms with Crippen LogP contribution >= 0.6 is 23.2 Å². The SMILES string of the molecule is O=C(O)CCc1cccc(Nc2cc(-n3ccnc3)c3ccc(Cl)c(Cl)c3n2)c1. The number of anilines is 2. The van der Waals surface area contributed by atoms with Gasteiger partial charge in [-0.1, -0.05) is 35.3 Å². The summed E-state index contributed by atoms with van der Waals surface area (Å²) in [6, 6.07) is 13.1. The number of benzene rings is 2. The number of hydrogen-bond donors (Lipinski definition) is 2. The molecule has 0 saturated carbocycles. The summed E-state index contributed by atoms with van der Waals surface area (Å²) in [7, 11) is 0. The van der Waals surface area contributed by atoms with E-state index < -0.39 is 5.97 Å². The van der Waals surface area contributed by atoms with Gasteiger partial charge in [-0.05, 0) is 36.2 Å². The number of pyridine rings is 1. The number of nitrogens with zero attached hydrogens (tertiary/aromatic N) is 3. The van der Waals surface area contributed by atoms with Gasteiger partial charge in [-0.15, -0.1) is 0 Å². The molecule has 146 valence electrons. The summed E-state index contributed by atoms with van der Waals surface area (Å²) in [6.45, 7) is 0. The number of rotatable bonds is 6. The number of halogens is 2. The van der Waals surface area contributed by atoms with Crippen LogP contribution in [0.2, 0.25) is 10.0 Å². The standard InChI is InChI=1S/C21H16Cl2N4O2/c22-16-6-5-15-17(27-9-8-24-12-27)11-18(26-21(15)20(16)23)25-14-3-1-2-13(10-14)4-7-19(28)29/h1-3,5-6,8-12H,4,7H2,(H,25,26)(H,28,29). The number of carbonyl (C=O) groups is 1. The van der Waals surface area contributed by atoms with Crippen LogP contribution in [0.3, 0.4) is 0 Å². The van der Waals surface area contributed by atoms with Crippen LogP contribution in [-0.2, 0) is 11.2 Å². The Morgan fingerprint density at radius 1 is 1.17 bits per heavy atom. The molecule has 2 N–H and O–H groups in total. The molecule has 4 aromatic rings. The van der Waals surface area contributed by atoms with E-state index in [1.165, 1.54) is 0 Å². The Hall–Kier alpha value is -3.09. The Kier molecular flexibility index (Phi) is 5.38. The van der Waals surface area contributed by atoms with Gasteiger partial charge in [0.25, 0.3) is 0 Å². The molecular weight excluding hydrogens is 411 g/mol. The van der Waals surface area contributed by atoms with Crippen molar-refractivity contribution in [1.82, 2.24) is 14.5 Å². The summed E-state index contributed by atoms with van der Waals surface area (Å²) in [5.41, 5.74) is 3.16. The van der Waals surface area contributed by atoms with E-state index in [4.69, 9.17) is 28.3 Å². The van der Waals surface area contributed by atoms with Gasteiger partial charge in [-0.3, -0.25) is 4.79 Å². The molecule has 0 radical (unpaired) electrons. The normalized spacial score (nSPS) is 11.0. The third kappa shape index (κ3) is 4.18. The minimum atomic E-state index is -0.823. The zero-order valence-corrected chi connectivity index (χ0v) is 16.7. The highest BCUT2D eigenvalue weighted by molar-refractivity contribution is 6.45. The second-order valence-electron chi connectivity index (χ2n) is 6.47. The second-order valence-corrected chi connectivity index (χ2v) is 7.26. The number of nitrogens with one attached hydrogen (secondary N) is 1. The van der Waals surface area contributed by atoms with Gasteiger partial charge in [0, 0.05) is 36.0 Å². The van der Waals surface area contributed by atoms with Crippen molar-refractivity contribution in [2.75, 3.05) is 5.32 Å². The average Bonchev–Trinajstić information content (AvgIpc) is 3.24. The molecule has 0 aliphatic carbocycles. The van der Waals surface area contributed by atoms with Crippen molar-refractivity contribution in [3.63, 3.8) is 0 Å². The van der Waals surface area contributed by atoms with Crippen LogP contribution in [0, 0.1) is 0 Å². The highest BCUT2D eigenvalue weighted by Crippen LogP contribution is 2.34. The number of aliphatic carboxylic acids is 1. The van der Waals surface area contributed by atoms with Gasteiger partial charge in [0.05, 0.1) is 27.6 Å². The Labute approximate surface area is 176 Å². The molecule has 0 amide bonds. The Bertz CT molecular complexity index is 1190. The fraction of sp³-hybridized carbons (Fsp3) is 0.0952. The van der Waals surface area contributed by atoms with E-state index in [0.717, 1.165) is 22.3 Å². The van der Waals surface area contributed by atoms with Crippen molar-refractivity contribution in [3.05, 3.63) is 76.8 Å². The number of carboxylic acid groups (broad SMARTS) is 1. The summed E-state index contributed by atoms with van der Waals surface area (Å²) in [5.74, 6) is -0.239. The van der Waals surface area contributed by atoms with Crippen molar-refractivity contribution < 1.29 is 9.90 Å². The quantitative estimate of drug-likeness (QED) is 0.426. The fourth-order valence-electron chi connectivity index (χ4n) is 3.10. The number of hydrogen-bond acceptors (Lipinski definition) is 4. The molecule has 0 atom stereocenters. The van der Waals surface area contributed by atoms with E-state index >= 15 is 0 Å². The number of carboxylic acids is 1. The van der Waals surface area contributed by atoms with Crippen molar-refractivity contribution in [2.24, 2.45) is 0 Å². The van der Waals surface area contributed by atoms with Crippen LogP contribution in [0.25, 0.3) is 16.6 Å². The predicted molar refractivity (Wildman–Crippen MR) is 115 cm³/mol. The first-order valence-corrected chi connectivity index (χ1v) is 9.62. The number of aromatic nitrogens is 3. The van der Waals surface area contributed by atoms with Gasteiger partial charge < -0.3 is 15.0 Å². The smallest absolute Gasteiger partial charge is 0.303 e. The largest absolute Gasteiger partial charge is 0.481 e. The van der Waals surface area contributed by atoms with Gasteiger partial charge in [0.15, 0.2) is 0 Å². The van der Waals surface area contributed by atoms with E-state index in [9.17, 15) is 4.79 Å². The minimum absolute atomic E-state index is 0.0799. The molecule has 0 aliphatic heterocycles. The summed E-state index contributed by atoms with van der Waals surface area (Å²) >= 11 is 12.6. The van der Waals surface area contributed by atoms with E-state index in [0.29, 0.717) is 27.8 Å². The molecule has 6 nitrogen and oxygen atoms in total. The van der Waals surface area contributed by atoms with Crippen molar-refractivity contribution >= 4 is 51.6 Å². The molecule has 0 bridgehead atoms. The molecule has 0 unspecified atom stereocenters. The average molecular weight is 427 g/mol. The number of imidazole rings is 1. The summed E-state index contributed by atoms with van der Waals surface area (Å²) in [5, 5.41) is 13.8. The fourth-order valence-corrected chi connectivity index (χ4v) is 3.46. The van der Waals surface area contributed by atoms with Crippen LogP contribution in [0.1, 0.15) is 12.0 Å². The Morgan fingerprint density at radius 2 is 2.03 bits per heavy atom. The Morgan fingerprint density at radius 3 is 2.79 bits per heavy atom. The summed E-state index contributed by atoms with van der Waals surface area (Å²) in [4.78, 5) is 19.6. The minimum Gasteiger partial charge on any atom is -0.481 e. The van der Waals surface area contributed by atoms with Crippen LogP contribution in [0.4, 0.5) is 11.5 Å². The third-order valence-corrected chi connectivity index (χ3v) is 5.25. The van der Waals surface area contributed by atoms with Crippen molar-refractivity contribution in [2.45, 2.75) is 12.8 Å². The lowest BCUT2D eigenvalue weighted by atomic mass is 10.1. The molecule has 2 aromatic carbocycles. The maximum absolute atomic E-state index is 10.8. The molecule has 4 rings (SSSR count). The number of aryl methyl sites for hydroxylation is 1.